The molecule has 7 nitrogen and oxygen atoms in total. The second-order valence-corrected chi connectivity index (χ2v) is 6.41. The third-order valence-electron chi connectivity index (χ3n) is 3.61. The third-order valence-corrected chi connectivity index (χ3v) is 4.38. The van der Waals surface area contributed by atoms with Crippen LogP contribution in [0.15, 0.2) is 23.7 Å². The Bertz CT molecular complexity index is 807. The van der Waals surface area contributed by atoms with Crippen molar-refractivity contribution in [3.8, 4) is 10.8 Å². The number of carbonyl (C=O) groups excluding carboxylic acids is 1. The zero-order valence-electron chi connectivity index (χ0n) is 13.8. The molecule has 0 aliphatic rings. The van der Waals surface area contributed by atoms with Gasteiger partial charge in [-0.25, -0.2) is 4.98 Å². The Labute approximate surface area is 144 Å². The lowest BCUT2D eigenvalue weighted by Gasteiger charge is -2.21. The van der Waals surface area contributed by atoms with Crippen molar-refractivity contribution in [3.05, 3.63) is 29.4 Å². The fraction of sp³-hybridized carbons (Fsp3) is 0.438. The van der Waals surface area contributed by atoms with Crippen LogP contribution in [-0.4, -0.2) is 48.7 Å². The van der Waals surface area contributed by atoms with Gasteiger partial charge < -0.3 is 4.90 Å². The van der Waals surface area contributed by atoms with E-state index in [4.69, 9.17) is 0 Å². The van der Waals surface area contributed by atoms with Crippen LogP contribution in [0, 0.1) is 0 Å². The normalized spacial score (nSPS) is 11.1. The van der Waals surface area contributed by atoms with Crippen molar-refractivity contribution in [2.75, 3.05) is 13.1 Å². The molecule has 0 aliphatic carbocycles. The number of carbonyl (C=O) groups is 1. The zero-order valence-corrected chi connectivity index (χ0v) is 14.7. The van der Waals surface area contributed by atoms with Crippen LogP contribution < -0.4 is 0 Å². The van der Waals surface area contributed by atoms with Crippen LogP contribution in [0.5, 0.6) is 0 Å². The second-order valence-electron chi connectivity index (χ2n) is 5.51. The summed E-state index contributed by atoms with van der Waals surface area (Å²) < 4.78 is 1.66. The highest BCUT2D eigenvalue weighted by molar-refractivity contribution is 7.13. The van der Waals surface area contributed by atoms with Crippen LogP contribution in [0.1, 0.15) is 32.4 Å². The third kappa shape index (κ3) is 3.43. The Morgan fingerprint density at radius 3 is 2.67 bits per heavy atom. The quantitative estimate of drug-likeness (QED) is 0.658. The van der Waals surface area contributed by atoms with Gasteiger partial charge in [-0.15, -0.1) is 21.5 Å². The highest BCUT2D eigenvalue weighted by Crippen LogP contribution is 2.19. The highest BCUT2D eigenvalue weighted by Gasteiger charge is 2.16. The molecule has 0 spiro atoms. The van der Waals surface area contributed by atoms with Gasteiger partial charge in [-0.3, -0.25) is 4.79 Å². The Morgan fingerprint density at radius 1 is 1.21 bits per heavy atom. The van der Waals surface area contributed by atoms with E-state index in [2.05, 4.69) is 34.1 Å². The first-order valence-corrected chi connectivity index (χ1v) is 8.99. The molecule has 0 atom stereocenters. The topological polar surface area (TPSA) is 76.3 Å². The molecule has 0 fully saturated rings. The van der Waals surface area contributed by atoms with Gasteiger partial charge >= 0.3 is 0 Å². The van der Waals surface area contributed by atoms with E-state index in [0.717, 1.165) is 30.9 Å². The average Bonchev–Trinajstić information content (AvgIpc) is 3.23. The maximum Gasteiger partial charge on any atom is 0.228 e. The van der Waals surface area contributed by atoms with Crippen molar-refractivity contribution in [1.82, 2.24) is 29.7 Å². The Kier molecular flexibility index (Phi) is 5.14. The number of fused-ring (bicyclic) bond motifs is 1. The SMILES string of the molecule is CCCN(CCC)C(=O)Cc1ccc2nnc(-c3nccs3)n2n1. The van der Waals surface area contributed by atoms with Gasteiger partial charge in [0.15, 0.2) is 10.7 Å². The van der Waals surface area contributed by atoms with Crippen molar-refractivity contribution in [2.24, 2.45) is 0 Å². The lowest BCUT2D eigenvalue weighted by atomic mass is 10.2. The minimum absolute atomic E-state index is 0.106. The molecule has 0 aromatic carbocycles. The van der Waals surface area contributed by atoms with Crippen molar-refractivity contribution in [3.63, 3.8) is 0 Å². The van der Waals surface area contributed by atoms with Gasteiger partial charge in [0.2, 0.25) is 11.7 Å². The van der Waals surface area contributed by atoms with Crippen LogP contribution in [0.4, 0.5) is 0 Å². The number of nitrogens with zero attached hydrogens (tertiary/aromatic N) is 6. The maximum atomic E-state index is 12.5. The second kappa shape index (κ2) is 7.48. The molecule has 8 heteroatoms. The molecule has 24 heavy (non-hydrogen) atoms. The van der Waals surface area contributed by atoms with Crippen molar-refractivity contribution in [2.45, 2.75) is 33.1 Å². The summed E-state index contributed by atoms with van der Waals surface area (Å²) in [5.74, 6) is 0.711. The average molecular weight is 344 g/mol. The number of hydrogen-bond donors (Lipinski definition) is 0. The molecule has 126 valence electrons. The summed E-state index contributed by atoms with van der Waals surface area (Å²) in [4.78, 5) is 18.7. The van der Waals surface area contributed by atoms with Crippen LogP contribution in [0.3, 0.4) is 0 Å². The summed E-state index contributed by atoms with van der Waals surface area (Å²) in [6.07, 6.45) is 3.92. The monoisotopic (exact) mass is 344 g/mol. The molecule has 0 saturated heterocycles. The molecule has 0 N–H and O–H groups in total. The van der Waals surface area contributed by atoms with Crippen LogP contribution in [-0.2, 0) is 11.2 Å². The van der Waals surface area contributed by atoms with E-state index in [9.17, 15) is 4.79 Å². The number of thiazole rings is 1. The molecule has 0 bridgehead atoms. The lowest BCUT2D eigenvalue weighted by molar-refractivity contribution is -0.130. The number of hydrogen-bond acceptors (Lipinski definition) is 6. The van der Waals surface area contributed by atoms with Crippen LogP contribution >= 0.6 is 11.3 Å². The van der Waals surface area contributed by atoms with Crippen LogP contribution in [0.2, 0.25) is 0 Å². The highest BCUT2D eigenvalue weighted by atomic mass is 32.1. The number of amides is 1. The van der Waals surface area contributed by atoms with E-state index in [-0.39, 0.29) is 12.3 Å². The molecular weight excluding hydrogens is 324 g/mol. The Balaban J connectivity index is 1.85. The number of rotatable bonds is 7. The fourth-order valence-electron chi connectivity index (χ4n) is 2.56. The molecule has 0 saturated carbocycles. The molecule has 3 aromatic rings. The largest absolute Gasteiger partial charge is 0.342 e. The van der Waals surface area contributed by atoms with Crippen molar-refractivity contribution in [1.29, 1.82) is 0 Å². The van der Waals surface area contributed by atoms with E-state index in [1.54, 1.807) is 10.7 Å². The molecule has 3 heterocycles. The Morgan fingerprint density at radius 2 is 2.00 bits per heavy atom. The smallest absolute Gasteiger partial charge is 0.228 e. The summed E-state index contributed by atoms with van der Waals surface area (Å²) in [5.41, 5.74) is 1.36. The molecular formula is C16H20N6OS. The molecule has 0 aliphatic heterocycles. The van der Waals surface area contributed by atoms with Gasteiger partial charge in [-0.1, -0.05) is 13.8 Å². The molecule has 0 radical (unpaired) electrons. The summed E-state index contributed by atoms with van der Waals surface area (Å²) in [5, 5.41) is 15.5. The first-order valence-electron chi connectivity index (χ1n) is 8.12. The van der Waals surface area contributed by atoms with Crippen LogP contribution in [0.25, 0.3) is 16.5 Å². The van der Waals surface area contributed by atoms with Gasteiger partial charge in [0, 0.05) is 24.7 Å². The first kappa shape index (κ1) is 16.5. The summed E-state index contributed by atoms with van der Waals surface area (Å²) in [6.45, 7) is 5.73. The lowest BCUT2D eigenvalue weighted by Crippen LogP contribution is -2.34. The molecule has 1 amide bonds. The maximum absolute atomic E-state index is 12.5. The summed E-state index contributed by atoms with van der Waals surface area (Å²) in [7, 11) is 0. The van der Waals surface area contributed by atoms with Gasteiger partial charge in [0.1, 0.15) is 0 Å². The molecule has 0 unspecified atom stereocenters. The predicted molar refractivity (Wildman–Crippen MR) is 92.8 cm³/mol. The van der Waals surface area contributed by atoms with Crippen molar-refractivity contribution < 1.29 is 4.79 Å². The molecule has 3 aromatic heterocycles. The standard InChI is InChI=1S/C16H20N6OS/c1-3-8-21(9-4-2)14(23)11-12-5-6-13-18-19-15(22(13)20-12)16-17-7-10-24-16/h5-7,10H,3-4,8-9,11H2,1-2H3. The van der Waals surface area contributed by atoms with Gasteiger partial charge in [-0.05, 0) is 25.0 Å². The minimum Gasteiger partial charge on any atom is -0.342 e. The van der Waals surface area contributed by atoms with E-state index in [1.165, 1.54) is 11.3 Å². The summed E-state index contributed by atoms with van der Waals surface area (Å²) >= 11 is 1.48. The van der Waals surface area contributed by atoms with Gasteiger partial charge in [0.25, 0.3) is 0 Å². The fourth-order valence-corrected chi connectivity index (χ4v) is 3.16. The summed E-state index contributed by atoms with van der Waals surface area (Å²) in [6, 6.07) is 3.67. The predicted octanol–water partition coefficient (Wildman–Crippen LogP) is 2.44. The van der Waals surface area contributed by atoms with Gasteiger partial charge in [0.05, 0.1) is 12.1 Å². The van der Waals surface area contributed by atoms with E-state index < -0.39 is 0 Å². The van der Waals surface area contributed by atoms with E-state index in [1.807, 2.05) is 22.4 Å². The van der Waals surface area contributed by atoms with Crippen molar-refractivity contribution >= 4 is 22.9 Å². The Hall–Kier alpha value is -2.35. The van der Waals surface area contributed by atoms with E-state index in [0.29, 0.717) is 17.2 Å². The first-order chi connectivity index (χ1) is 11.7. The minimum atomic E-state index is 0.106. The molecule has 3 rings (SSSR count). The van der Waals surface area contributed by atoms with Gasteiger partial charge in [-0.2, -0.15) is 9.61 Å². The zero-order chi connectivity index (χ0) is 16.9. The van der Waals surface area contributed by atoms with E-state index >= 15 is 0 Å². The number of aromatic nitrogens is 5.